The van der Waals surface area contributed by atoms with E-state index in [9.17, 15) is 20.1 Å². The number of hydroxylamine groups is 1. The van der Waals surface area contributed by atoms with Crippen LogP contribution in [0.4, 0.5) is 0 Å². The van der Waals surface area contributed by atoms with E-state index in [1.54, 1.807) is 13.8 Å². The number of esters is 1. The molecule has 4 unspecified atom stereocenters. The minimum atomic E-state index is -1.33. The lowest BCUT2D eigenvalue weighted by Crippen LogP contribution is -2.42. The van der Waals surface area contributed by atoms with Crippen LogP contribution in [0.15, 0.2) is 29.4 Å². The van der Waals surface area contributed by atoms with E-state index in [-0.39, 0.29) is 24.2 Å². The van der Waals surface area contributed by atoms with Crippen LogP contribution in [0.5, 0.6) is 0 Å². The maximum absolute atomic E-state index is 11.5. The number of carbonyl (C=O) groups excluding carboxylic acids is 1. The minimum absolute atomic E-state index is 0.0230. The van der Waals surface area contributed by atoms with Gasteiger partial charge in [-0.25, -0.2) is 4.99 Å². The summed E-state index contributed by atoms with van der Waals surface area (Å²) in [6.07, 6.45) is -1.16. The van der Waals surface area contributed by atoms with E-state index in [1.807, 2.05) is 5.48 Å². The summed E-state index contributed by atoms with van der Waals surface area (Å²) >= 11 is 0. The van der Waals surface area contributed by atoms with Gasteiger partial charge in [-0.3, -0.25) is 15.5 Å². The number of nitrogens with one attached hydrogen (secondary N) is 1. The van der Waals surface area contributed by atoms with E-state index in [4.69, 9.17) is 14.7 Å². The molecule has 10 heteroatoms. The van der Waals surface area contributed by atoms with Gasteiger partial charge in [-0.05, 0) is 6.08 Å². The number of ether oxygens (including phenoxy) is 2. The third kappa shape index (κ3) is 3.67. The average molecular weight is 343 g/mol. The van der Waals surface area contributed by atoms with Gasteiger partial charge < -0.3 is 29.7 Å². The first-order valence-corrected chi connectivity index (χ1v) is 7.37. The number of hydrogen-bond donors (Lipinski definition) is 5. The predicted octanol–water partition coefficient (Wildman–Crippen LogP) is -0.804. The standard InChI is InChI=1S/C14H21N3O7/c1-7(2)14(21)23-6-8-11(19)12(20)13(24-8)17-4-3-9(16-22)15-10(17)5-18/h3-5,7-8,11-13,18-20,22H,6H2,1-2H3,(H,15,16)/b10-5+. The molecule has 0 bridgehead atoms. The number of hydrogen-bond acceptors (Lipinski definition) is 10. The highest BCUT2D eigenvalue weighted by Gasteiger charge is 2.46. The largest absolute Gasteiger partial charge is 0.512 e. The minimum Gasteiger partial charge on any atom is -0.512 e. The number of carbonyl (C=O) groups is 1. The van der Waals surface area contributed by atoms with Gasteiger partial charge in [0.25, 0.3) is 0 Å². The third-order valence-corrected chi connectivity index (χ3v) is 3.60. The van der Waals surface area contributed by atoms with Crippen LogP contribution < -0.4 is 5.48 Å². The molecule has 0 saturated carbocycles. The van der Waals surface area contributed by atoms with Crippen molar-refractivity contribution < 1.29 is 34.8 Å². The highest BCUT2D eigenvalue weighted by atomic mass is 16.6. The van der Waals surface area contributed by atoms with E-state index < -0.39 is 30.5 Å². The van der Waals surface area contributed by atoms with Crippen molar-refractivity contribution >= 4 is 11.8 Å². The molecule has 24 heavy (non-hydrogen) atoms. The second kappa shape index (κ2) is 7.62. The zero-order chi connectivity index (χ0) is 17.9. The van der Waals surface area contributed by atoms with Crippen LogP contribution in [0, 0.1) is 5.92 Å². The van der Waals surface area contributed by atoms with Gasteiger partial charge in [0.15, 0.2) is 17.9 Å². The van der Waals surface area contributed by atoms with E-state index in [0.717, 1.165) is 0 Å². The van der Waals surface area contributed by atoms with Gasteiger partial charge in [0.2, 0.25) is 0 Å². The number of aliphatic imine (C=N–C) groups is 1. The fourth-order valence-electron chi connectivity index (χ4n) is 2.25. The van der Waals surface area contributed by atoms with Crippen molar-refractivity contribution in [2.24, 2.45) is 10.9 Å². The highest BCUT2D eigenvalue weighted by Crippen LogP contribution is 2.29. The van der Waals surface area contributed by atoms with Crippen molar-refractivity contribution in [3.8, 4) is 0 Å². The zero-order valence-electron chi connectivity index (χ0n) is 13.2. The molecule has 2 heterocycles. The summed E-state index contributed by atoms with van der Waals surface area (Å²) in [5.41, 5.74) is 1.83. The summed E-state index contributed by atoms with van der Waals surface area (Å²) in [6, 6.07) is 0. The Hall–Kier alpha value is -2.14. The number of amidine groups is 1. The maximum Gasteiger partial charge on any atom is 0.308 e. The van der Waals surface area contributed by atoms with Crippen LogP contribution in [-0.4, -0.2) is 68.4 Å². The van der Waals surface area contributed by atoms with E-state index in [2.05, 4.69) is 4.99 Å². The van der Waals surface area contributed by atoms with Gasteiger partial charge in [-0.15, -0.1) is 0 Å². The molecule has 1 saturated heterocycles. The molecule has 0 amide bonds. The Morgan fingerprint density at radius 2 is 2.21 bits per heavy atom. The predicted molar refractivity (Wildman–Crippen MR) is 80.5 cm³/mol. The smallest absolute Gasteiger partial charge is 0.308 e. The molecule has 1 fully saturated rings. The van der Waals surface area contributed by atoms with Crippen molar-refractivity contribution in [3.63, 3.8) is 0 Å². The van der Waals surface area contributed by atoms with Crippen LogP contribution in [0.2, 0.25) is 0 Å². The molecule has 0 aromatic heterocycles. The fraction of sp³-hybridized carbons (Fsp3) is 0.571. The molecule has 0 aromatic carbocycles. The van der Waals surface area contributed by atoms with E-state index in [0.29, 0.717) is 6.26 Å². The van der Waals surface area contributed by atoms with Gasteiger partial charge >= 0.3 is 5.97 Å². The summed E-state index contributed by atoms with van der Waals surface area (Å²) in [5, 5.41) is 38.4. The van der Waals surface area contributed by atoms with Crippen LogP contribution >= 0.6 is 0 Å². The molecule has 4 atom stereocenters. The maximum atomic E-state index is 11.5. The Morgan fingerprint density at radius 1 is 1.50 bits per heavy atom. The summed E-state index contributed by atoms with van der Waals surface area (Å²) < 4.78 is 10.6. The van der Waals surface area contributed by atoms with Crippen LogP contribution in [0.25, 0.3) is 0 Å². The van der Waals surface area contributed by atoms with Gasteiger partial charge in [-0.2, -0.15) is 0 Å². The Labute approximate surface area is 138 Å². The number of nitrogens with zero attached hydrogens (tertiary/aromatic N) is 2. The topological polar surface area (TPSA) is 144 Å². The average Bonchev–Trinajstić information content (AvgIpc) is 2.87. The Bertz CT molecular complexity index is 561. The first-order valence-electron chi connectivity index (χ1n) is 7.37. The summed E-state index contributed by atoms with van der Waals surface area (Å²) in [5.74, 6) is -0.718. The lowest BCUT2D eigenvalue weighted by atomic mass is 10.1. The lowest BCUT2D eigenvalue weighted by molar-refractivity contribution is -0.154. The van der Waals surface area contributed by atoms with Crippen molar-refractivity contribution in [3.05, 3.63) is 24.4 Å². The Balaban J connectivity index is 2.06. The normalized spacial score (nSPS) is 31.5. The molecule has 2 rings (SSSR count). The number of aliphatic hydroxyl groups is 3. The monoisotopic (exact) mass is 343 g/mol. The summed E-state index contributed by atoms with van der Waals surface area (Å²) in [6.45, 7) is 3.13. The highest BCUT2D eigenvalue weighted by molar-refractivity contribution is 5.93. The molecule has 2 aliphatic heterocycles. The van der Waals surface area contributed by atoms with Crippen molar-refractivity contribution in [1.82, 2.24) is 10.4 Å². The zero-order valence-corrected chi connectivity index (χ0v) is 13.2. The number of aliphatic hydroxyl groups excluding tert-OH is 3. The molecule has 0 radical (unpaired) electrons. The van der Waals surface area contributed by atoms with Crippen molar-refractivity contribution in [2.75, 3.05) is 6.61 Å². The fourth-order valence-corrected chi connectivity index (χ4v) is 2.25. The van der Waals surface area contributed by atoms with Crippen LogP contribution in [-0.2, 0) is 14.3 Å². The molecular weight excluding hydrogens is 322 g/mol. The Morgan fingerprint density at radius 3 is 2.79 bits per heavy atom. The molecule has 0 aliphatic carbocycles. The quantitative estimate of drug-likeness (QED) is 0.251. The van der Waals surface area contributed by atoms with Crippen molar-refractivity contribution in [2.45, 2.75) is 38.4 Å². The molecule has 10 nitrogen and oxygen atoms in total. The number of rotatable bonds is 4. The summed E-state index contributed by atoms with van der Waals surface area (Å²) in [4.78, 5) is 16.7. The molecule has 5 N–H and O–H groups in total. The first kappa shape index (κ1) is 18.2. The van der Waals surface area contributed by atoms with Gasteiger partial charge in [-0.1, -0.05) is 13.8 Å². The third-order valence-electron chi connectivity index (χ3n) is 3.60. The molecule has 134 valence electrons. The van der Waals surface area contributed by atoms with Crippen molar-refractivity contribution in [1.29, 1.82) is 0 Å². The molecule has 0 aromatic rings. The van der Waals surface area contributed by atoms with Gasteiger partial charge in [0.05, 0.1) is 5.92 Å². The van der Waals surface area contributed by atoms with Gasteiger partial charge in [0, 0.05) is 6.20 Å². The summed E-state index contributed by atoms with van der Waals surface area (Å²) in [7, 11) is 0. The van der Waals surface area contributed by atoms with Crippen LogP contribution in [0.3, 0.4) is 0 Å². The molecular formula is C14H21N3O7. The lowest BCUT2D eigenvalue weighted by Gasteiger charge is -2.30. The SMILES string of the molecule is CC(C)C(=O)OCC1OC(N2C=CC(NO)=N/C2=C\O)C(O)C1O. The van der Waals surface area contributed by atoms with Crippen LogP contribution in [0.1, 0.15) is 13.8 Å². The molecule has 0 spiro atoms. The van der Waals surface area contributed by atoms with Gasteiger partial charge in [0.1, 0.15) is 31.2 Å². The Kier molecular flexibility index (Phi) is 5.78. The van der Waals surface area contributed by atoms with E-state index >= 15 is 0 Å². The van der Waals surface area contributed by atoms with E-state index in [1.165, 1.54) is 17.2 Å². The second-order valence-corrected chi connectivity index (χ2v) is 5.65. The molecule has 2 aliphatic rings. The second-order valence-electron chi connectivity index (χ2n) is 5.65. The first-order chi connectivity index (χ1) is 11.4.